The van der Waals surface area contributed by atoms with E-state index >= 15 is 0 Å². The molecule has 0 aliphatic rings. The highest BCUT2D eigenvalue weighted by Crippen LogP contribution is 2.07. The maximum atomic E-state index is 5.55. The number of hydrogen-bond acceptors (Lipinski definition) is 4. The predicted molar refractivity (Wildman–Crippen MR) is 69.6 cm³/mol. The first-order valence-corrected chi connectivity index (χ1v) is 6.08. The summed E-state index contributed by atoms with van der Waals surface area (Å²) in [5, 5.41) is 0. The van der Waals surface area contributed by atoms with Gasteiger partial charge in [0.2, 0.25) is 0 Å². The van der Waals surface area contributed by atoms with Crippen molar-refractivity contribution in [3.8, 4) is 0 Å². The molecule has 1 aromatic rings. The predicted octanol–water partition coefficient (Wildman–Crippen LogP) is 1.40. The molecule has 1 rings (SSSR count). The highest BCUT2D eigenvalue weighted by Gasteiger charge is 2.12. The quantitative estimate of drug-likeness (QED) is 0.779. The Morgan fingerprint density at radius 3 is 2.71 bits per heavy atom. The Bertz CT molecular complexity index is 313. The lowest BCUT2D eigenvalue weighted by Crippen LogP contribution is -2.35. The average Bonchev–Trinajstić information content (AvgIpc) is 2.37. The van der Waals surface area contributed by atoms with E-state index in [0.717, 1.165) is 31.0 Å². The lowest BCUT2D eigenvalue weighted by atomic mass is 10.2. The molecule has 0 aliphatic heterocycles. The fraction of sp³-hybridized carbons (Fsp3) is 0.615. The van der Waals surface area contributed by atoms with Crippen molar-refractivity contribution < 1.29 is 4.74 Å². The van der Waals surface area contributed by atoms with Gasteiger partial charge in [-0.1, -0.05) is 13.0 Å². The van der Waals surface area contributed by atoms with E-state index < -0.39 is 0 Å². The highest BCUT2D eigenvalue weighted by molar-refractivity contribution is 5.13. The van der Waals surface area contributed by atoms with Crippen LogP contribution in [0.1, 0.15) is 25.1 Å². The topological polar surface area (TPSA) is 51.4 Å². The summed E-state index contributed by atoms with van der Waals surface area (Å²) in [6.07, 6.45) is 1.85. The van der Waals surface area contributed by atoms with Gasteiger partial charge in [-0.25, -0.2) is 0 Å². The van der Waals surface area contributed by atoms with Gasteiger partial charge in [0.05, 0.1) is 12.3 Å². The van der Waals surface area contributed by atoms with E-state index in [-0.39, 0.29) is 0 Å². The first kappa shape index (κ1) is 14.1. The van der Waals surface area contributed by atoms with Gasteiger partial charge in [-0.2, -0.15) is 0 Å². The highest BCUT2D eigenvalue weighted by atomic mass is 16.5. The van der Waals surface area contributed by atoms with Gasteiger partial charge in [0.15, 0.2) is 0 Å². The standard InChI is InChI=1S/C13H23N3O/c1-4-16(11(2)10-17-3)9-13-6-5-12(7-14)8-15-13/h5-6,8,11H,4,7,9-10,14H2,1-3H3. The van der Waals surface area contributed by atoms with Gasteiger partial charge in [0.25, 0.3) is 0 Å². The number of methoxy groups -OCH3 is 1. The molecule has 96 valence electrons. The van der Waals surface area contributed by atoms with E-state index in [1.807, 2.05) is 18.3 Å². The van der Waals surface area contributed by atoms with E-state index in [0.29, 0.717) is 12.6 Å². The summed E-state index contributed by atoms with van der Waals surface area (Å²) in [6, 6.07) is 4.49. The maximum Gasteiger partial charge on any atom is 0.0615 e. The summed E-state index contributed by atoms with van der Waals surface area (Å²) in [6.45, 7) is 7.46. The number of nitrogens with zero attached hydrogens (tertiary/aromatic N) is 2. The number of aromatic nitrogens is 1. The van der Waals surface area contributed by atoms with Crippen LogP contribution in [-0.4, -0.2) is 36.2 Å². The molecule has 0 fully saturated rings. The van der Waals surface area contributed by atoms with E-state index in [9.17, 15) is 0 Å². The van der Waals surface area contributed by atoms with Crippen molar-refractivity contribution >= 4 is 0 Å². The van der Waals surface area contributed by atoms with Crippen LogP contribution < -0.4 is 5.73 Å². The van der Waals surface area contributed by atoms with Gasteiger partial charge in [0, 0.05) is 32.4 Å². The van der Waals surface area contributed by atoms with Gasteiger partial charge in [0.1, 0.15) is 0 Å². The van der Waals surface area contributed by atoms with Crippen LogP contribution in [-0.2, 0) is 17.8 Å². The molecule has 1 atom stereocenters. The number of hydrogen-bond donors (Lipinski definition) is 1. The van der Waals surface area contributed by atoms with Crippen LogP contribution in [0.15, 0.2) is 18.3 Å². The lowest BCUT2D eigenvalue weighted by Gasteiger charge is -2.26. The van der Waals surface area contributed by atoms with Crippen molar-refractivity contribution in [2.24, 2.45) is 5.73 Å². The fourth-order valence-corrected chi connectivity index (χ4v) is 1.80. The zero-order valence-corrected chi connectivity index (χ0v) is 11.0. The number of rotatable bonds is 7. The molecule has 0 amide bonds. The van der Waals surface area contributed by atoms with E-state index in [1.54, 1.807) is 7.11 Å². The van der Waals surface area contributed by atoms with Gasteiger partial charge in [-0.15, -0.1) is 0 Å². The Balaban J connectivity index is 2.60. The second-order valence-electron chi connectivity index (χ2n) is 4.23. The Morgan fingerprint density at radius 2 is 2.24 bits per heavy atom. The van der Waals surface area contributed by atoms with Crippen LogP contribution in [0.25, 0.3) is 0 Å². The summed E-state index contributed by atoms with van der Waals surface area (Å²) in [7, 11) is 1.73. The third kappa shape index (κ3) is 4.42. The first-order valence-electron chi connectivity index (χ1n) is 6.08. The minimum absolute atomic E-state index is 0.404. The number of ether oxygens (including phenoxy) is 1. The normalized spacial score (nSPS) is 13.0. The number of pyridine rings is 1. The first-order chi connectivity index (χ1) is 8.21. The molecule has 1 heterocycles. The molecule has 0 saturated carbocycles. The molecule has 2 N–H and O–H groups in total. The van der Waals surface area contributed by atoms with Gasteiger partial charge < -0.3 is 10.5 Å². The van der Waals surface area contributed by atoms with Crippen LogP contribution >= 0.6 is 0 Å². The van der Waals surface area contributed by atoms with Crippen molar-refractivity contribution in [2.45, 2.75) is 33.0 Å². The van der Waals surface area contributed by atoms with Gasteiger partial charge in [-0.05, 0) is 25.1 Å². The molecule has 0 bridgehead atoms. The number of likely N-dealkylation sites (N-methyl/N-ethyl adjacent to an activating group) is 1. The SMILES string of the molecule is CCN(Cc1ccc(CN)cn1)C(C)COC. The summed E-state index contributed by atoms with van der Waals surface area (Å²) in [4.78, 5) is 6.76. The van der Waals surface area contributed by atoms with Crippen molar-refractivity contribution in [3.63, 3.8) is 0 Å². The minimum atomic E-state index is 0.404. The van der Waals surface area contributed by atoms with Crippen molar-refractivity contribution in [1.82, 2.24) is 9.88 Å². The van der Waals surface area contributed by atoms with E-state index in [4.69, 9.17) is 10.5 Å². The zero-order valence-electron chi connectivity index (χ0n) is 11.0. The second kappa shape index (κ2) is 7.37. The smallest absolute Gasteiger partial charge is 0.0615 e. The largest absolute Gasteiger partial charge is 0.383 e. The molecule has 1 unspecified atom stereocenters. The third-order valence-electron chi connectivity index (χ3n) is 2.92. The maximum absolute atomic E-state index is 5.55. The Labute approximate surface area is 104 Å². The molecule has 4 nitrogen and oxygen atoms in total. The molecule has 0 radical (unpaired) electrons. The molecular weight excluding hydrogens is 214 g/mol. The molecule has 0 spiro atoms. The van der Waals surface area contributed by atoms with Crippen LogP contribution in [0.2, 0.25) is 0 Å². The zero-order chi connectivity index (χ0) is 12.7. The molecule has 1 aromatic heterocycles. The molecule has 0 aromatic carbocycles. The van der Waals surface area contributed by atoms with Gasteiger partial charge >= 0.3 is 0 Å². The summed E-state index contributed by atoms with van der Waals surface area (Å²) >= 11 is 0. The van der Waals surface area contributed by atoms with E-state index in [1.165, 1.54) is 0 Å². The molecule has 0 saturated heterocycles. The Kier molecular flexibility index (Phi) is 6.11. The minimum Gasteiger partial charge on any atom is -0.383 e. The van der Waals surface area contributed by atoms with Crippen LogP contribution in [0.4, 0.5) is 0 Å². The number of nitrogens with two attached hydrogens (primary N) is 1. The van der Waals surface area contributed by atoms with Gasteiger partial charge in [-0.3, -0.25) is 9.88 Å². The molecular formula is C13H23N3O. The summed E-state index contributed by atoms with van der Waals surface area (Å²) < 4.78 is 5.18. The van der Waals surface area contributed by atoms with Crippen molar-refractivity contribution in [2.75, 3.05) is 20.3 Å². The van der Waals surface area contributed by atoms with Crippen LogP contribution in [0.5, 0.6) is 0 Å². The van der Waals surface area contributed by atoms with Crippen LogP contribution in [0.3, 0.4) is 0 Å². The Hall–Kier alpha value is -0.970. The van der Waals surface area contributed by atoms with Crippen molar-refractivity contribution in [3.05, 3.63) is 29.6 Å². The average molecular weight is 237 g/mol. The molecule has 4 heteroatoms. The third-order valence-corrected chi connectivity index (χ3v) is 2.92. The van der Waals surface area contributed by atoms with E-state index in [2.05, 4.69) is 23.7 Å². The monoisotopic (exact) mass is 237 g/mol. The lowest BCUT2D eigenvalue weighted by molar-refractivity contribution is 0.0974. The summed E-state index contributed by atoms with van der Waals surface area (Å²) in [5.41, 5.74) is 7.70. The molecule has 0 aliphatic carbocycles. The van der Waals surface area contributed by atoms with Crippen molar-refractivity contribution in [1.29, 1.82) is 0 Å². The molecule has 17 heavy (non-hydrogen) atoms. The fourth-order valence-electron chi connectivity index (χ4n) is 1.80. The van der Waals surface area contributed by atoms with Crippen LogP contribution in [0, 0.1) is 0 Å². The summed E-state index contributed by atoms with van der Waals surface area (Å²) in [5.74, 6) is 0. The Morgan fingerprint density at radius 1 is 1.47 bits per heavy atom. The second-order valence-corrected chi connectivity index (χ2v) is 4.23.